The maximum absolute atomic E-state index is 4.82. The van der Waals surface area contributed by atoms with Gasteiger partial charge < -0.3 is 5.32 Å². The Morgan fingerprint density at radius 3 is 1.15 bits per heavy atom. The molecule has 0 aromatic rings. The molecule has 0 aromatic heterocycles. The second-order valence-electron chi connectivity index (χ2n) is 14.7. The number of hydrogen-bond acceptors (Lipinski definition) is 2. The lowest BCUT2D eigenvalue weighted by molar-refractivity contribution is 0.498. The SMILES string of the molecule is CC(C)CCCCCCCCCCCCCCCC1=NCC(CCCCCCCCCCCCCCCC(C)C)N1. The number of amidine groups is 1. The van der Waals surface area contributed by atoms with Crippen LogP contribution in [0.1, 0.15) is 220 Å². The van der Waals surface area contributed by atoms with Crippen LogP contribution in [0.3, 0.4) is 0 Å². The predicted octanol–water partition coefficient (Wildman–Crippen LogP) is 13.4. The van der Waals surface area contributed by atoms with E-state index in [-0.39, 0.29) is 0 Å². The van der Waals surface area contributed by atoms with Gasteiger partial charge in [0.15, 0.2) is 0 Å². The first kappa shape index (κ1) is 38.5. The zero-order valence-electron chi connectivity index (χ0n) is 29.1. The van der Waals surface area contributed by atoms with Crippen LogP contribution in [0.4, 0.5) is 0 Å². The van der Waals surface area contributed by atoms with E-state index >= 15 is 0 Å². The number of hydrogen-bond donors (Lipinski definition) is 1. The molecule has 1 atom stereocenters. The van der Waals surface area contributed by atoms with Gasteiger partial charge in [0.1, 0.15) is 0 Å². The fourth-order valence-corrected chi connectivity index (χ4v) is 6.54. The van der Waals surface area contributed by atoms with Crippen molar-refractivity contribution < 1.29 is 0 Å². The lowest BCUT2D eigenvalue weighted by Crippen LogP contribution is -2.29. The van der Waals surface area contributed by atoms with E-state index < -0.39 is 0 Å². The number of nitrogens with zero attached hydrogens (tertiary/aromatic N) is 1. The first-order valence-electron chi connectivity index (χ1n) is 19.4. The fraction of sp³-hybridized carbons (Fsp3) is 0.974. The summed E-state index contributed by atoms with van der Waals surface area (Å²) in [6.07, 6.45) is 43.0. The van der Waals surface area contributed by atoms with Crippen molar-refractivity contribution in [2.75, 3.05) is 6.54 Å². The second-order valence-corrected chi connectivity index (χ2v) is 14.7. The molecule has 0 saturated carbocycles. The van der Waals surface area contributed by atoms with Crippen molar-refractivity contribution in [3.05, 3.63) is 0 Å². The largest absolute Gasteiger partial charge is 0.369 e. The third kappa shape index (κ3) is 28.0. The number of unbranched alkanes of at least 4 members (excludes halogenated alkanes) is 24. The van der Waals surface area contributed by atoms with Crippen molar-refractivity contribution in [1.82, 2.24) is 5.32 Å². The highest BCUT2D eigenvalue weighted by atomic mass is 15.1. The van der Waals surface area contributed by atoms with Gasteiger partial charge in [0.05, 0.1) is 12.4 Å². The van der Waals surface area contributed by atoms with Gasteiger partial charge in [-0.25, -0.2) is 0 Å². The van der Waals surface area contributed by atoms with Crippen LogP contribution < -0.4 is 5.32 Å². The van der Waals surface area contributed by atoms with E-state index in [2.05, 4.69) is 33.0 Å². The zero-order valence-corrected chi connectivity index (χ0v) is 29.1. The summed E-state index contributed by atoms with van der Waals surface area (Å²) in [5.41, 5.74) is 0. The standard InChI is InChI=1S/C39H78N2/c1-36(2)31-27-23-19-15-11-7-5-9-13-17-21-25-29-33-38-35-40-39(41-38)34-30-26-22-18-14-10-6-8-12-16-20-24-28-32-37(3)4/h36-38H,5-35H2,1-4H3,(H,40,41). The molecule has 2 nitrogen and oxygen atoms in total. The topological polar surface area (TPSA) is 24.4 Å². The minimum atomic E-state index is 0.635. The van der Waals surface area contributed by atoms with Crippen LogP contribution in [0, 0.1) is 11.8 Å². The average molecular weight is 575 g/mol. The maximum Gasteiger partial charge on any atom is 0.0966 e. The highest BCUT2D eigenvalue weighted by molar-refractivity contribution is 5.83. The Hall–Kier alpha value is -0.530. The van der Waals surface area contributed by atoms with E-state index in [1.165, 1.54) is 198 Å². The number of nitrogens with one attached hydrogen (secondary N) is 1. The smallest absolute Gasteiger partial charge is 0.0966 e. The maximum atomic E-state index is 4.82. The summed E-state index contributed by atoms with van der Waals surface area (Å²) in [5, 5.41) is 3.74. The first-order valence-corrected chi connectivity index (χ1v) is 19.4. The summed E-state index contributed by atoms with van der Waals surface area (Å²) < 4.78 is 0. The second kappa shape index (κ2) is 29.5. The van der Waals surface area contributed by atoms with Crippen LogP contribution in [0.5, 0.6) is 0 Å². The first-order chi connectivity index (χ1) is 20.1. The summed E-state index contributed by atoms with van der Waals surface area (Å²) in [6.45, 7) is 10.4. The van der Waals surface area contributed by atoms with Gasteiger partial charge in [-0.3, -0.25) is 4.99 Å². The highest BCUT2D eigenvalue weighted by Gasteiger charge is 2.16. The molecule has 0 aliphatic carbocycles. The van der Waals surface area contributed by atoms with E-state index in [1.807, 2.05) is 0 Å². The molecule has 0 fully saturated rings. The molecule has 0 bridgehead atoms. The molecular weight excluding hydrogens is 496 g/mol. The normalized spacial score (nSPS) is 15.3. The van der Waals surface area contributed by atoms with Crippen molar-refractivity contribution in [2.24, 2.45) is 16.8 Å². The lowest BCUT2D eigenvalue weighted by atomic mass is 10.0. The van der Waals surface area contributed by atoms with Crippen molar-refractivity contribution in [3.8, 4) is 0 Å². The Bertz CT molecular complexity index is 552. The van der Waals surface area contributed by atoms with E-state index in [9.17, 15) is 0 Å². The summed E-state index contributed by atoms with van der Waals surface area (Å²) in [7, 11) is 0. The fourth-order valence-electron chi connectivity index (χ4n) is 6.54. The summed E-state index contributed by atoms with van der Waals surface area (Å²) in [6, 6.07) is 0.635. The van der Waals surface area contributed by atoms with Gasteiger partial charge in [0.25, 0.3) is 0 Å². The molecule has 1 aliphatic rings. The third-order valence-electron chi connectivity index (χ3n) is 9.40. The van der Waals surface area contributed by atoms with E-state index in [4.69, 9.17) is 4.99 Å². The van der Waals surface area contributed by atoms with Crippen LogP contribution in [0.25, 0.3) is 0 Å². The van der Waals surface area contributed by atoms with Crippen LogP contribution in [0.15, 0.2) is 4.99 Å². The quantitative estimate of drug-likeness (QED) is 0.0794. The minimum Gasteiger partial charge on any atom is -0.369 e. The Balaban J connectivity index is 1.74. The molecule has 0 spiro atoms. The molecule has 244 valence electrons. The average Bonchev–Trinajstić information content (AvgIpc) is 3.40. The molecule has 41 heavy (non-hydrogen) atoms. The van der Waals surface area contributed by atoms with Gasteiger partial charge in [-0.2, -0.15) is 0 Å². The van der Waals surface area contributed by atoms with Gasteiger partial charge in [-0.1, -0.05) is 201 Å². The summed E-state index contributed by atoms with van der Waals surface area (Å²) in [4.78, 5) is 4.82. The van der Waals surface area contributed by atoms with Gasteiger partial charge in [-0.15, -0.1) is 0 Å². The van der Waals surface area contributed by atoms with Crippen LogP contribution in [0.2, 0.25) is 0 Å². The zero-order chi connectivity index (χ0) is 29.6. The van der Waals surface area contributed by atoms with Gasteiger partial charge >= 0.3 is 0 Å². The molecular formula is C39H78N2. The van der Waals surface area contributed by atoms with E-state index in [1.54, 1.807) is 0 Å². The Kier molecular flexibility index (Phi) is 27.7. The molecule has 0 saturated heterocycles. The molecule has 0 radical (unpaired) electrons. The molecule has 1 rings (SSSR count). The van der Waals surface area contributed by atoms with Crippen LogP contribution in [-0.2, 0) is 0 Å². The molecule has 1 aliphatic heterocycles. The predicted molar refractivity (Wildman–Crippen MR) is 187 cm³/mol. The molecule has 0 amide bonds. The van der Waals surface area contributed by atoms with Crippen LogP contribution >= 0.6 is 0 Å². The summed E-state index contributed by atoms with van der Waals surface area (Å²) >= 11 is 0. The third-order valence-corrected chi connectivity index (χ3v) is 9.40. The molecule has 0 aromatic carbocycles. The molecule has 1 unspecified atom stereocenters. The highest BCUT2D eigenvalue weighted by Crippen LogP contribution is 2.17. The monoisotopic (exact) mass is 575 g/mol. The lowest BCUT2D eigenvalue weighted by Gasteiger charge is -2.11. The molecule has 2 heteroatoms. The Morgan fingerprint density at radius 2 is 0.780 bits per heavy atom. The van der Waals surface area contributed by atoms with Gasteiger partial charge in [0, 0.05) is 12.5 Å². The van der Waals surface area contributed by atoms with Crippen molar-refractivity contribution in [2.45, 2.75) is 226 Å². The van der Waals surface area contributed by atoms with Crippen molar-refractivity contribution >= 4 is 5.84 Å². The molecule has 1 N–H and O–H groups in total. The summed E-state index contributed by atoms with van der Waals surface area (Å²) in [5.74, 6) is 3.09. The van der Waals surface area contributed by atoms with Crippen molar-refractivity contribution in [3.63, 3.8) is 0 Å². The Labute approximate surface area is 260 Å². The number of aliphatic imine (C=N–C) groups is 1. The van der Waals surface area contributed by atoms with Gasteiger partial charge in [-0.05, 0) is 24.7 Å². The van der Waals surface area contributed by atoms with E-state index in [0.717, 1.165) is 18.4 Å². The van der Waals surface area contributed by atoms with Crippen molar-refractivity contribution in [1.29, 1.82) is 0 Å². The van der Waals surface area contributed by atoms with Crippen LogP contribution in [-0.4, -0.2) is 18.4 Å². The van der Waals surface area contributed by atoms with E-state index in [0.29, 0.717) is 6.04 Å². The Morgan fingerprint density at radius 1 is 0.463 bits per heavy atom. The minimum absolute atomic E-state index is 0.635. The van der Waals surface area contributed by atoms with Gasteiger partial charge in [0.2, 0.25) is 0 Å². The molecule has 1 heterocycles. The number of rotatable bonds is 32.